The molecule has 2 fully saturated rings. The number of hydrogen-bond donors (Lipinski definition) is 1. The minimum atomic E-state index is -0.652. The zero-order valence-corrected chi connectivity index (χ0v) is 11.4. The van der Waals surface area contributed by atoms with Gasteiger partial charge in [-0.1, -0.05) is 12.2 Å². The molecule has 0 aromatic rings. The molecule has 0 amide bonds. The van der Waals surface area contributed by atoms with Crippen molar-refractivity contribution in [1.82, 2.24) is 0 Å². The Morgan fingerprint density at radius 2 is 2.26 bits per heavy atom. The molecule has 2 aliphatic heterocycles. The van der Waals surface area contributed by atoms with Crippen LogP contribution in [0.3, 0.4) is 0 Å². The SMILES string of the molecule is C=C1C(=O)O[C@@H]2/C=C(\C)CC[C@H]3O[C@]3(C)C[C@H](O)[C@@H]12. The molecule has 0 unspecified atom stereocenters. The zero-order valence-electron chi connectivity index (χ0n) is 11.4. The summed E-state index contributed by atoms with van der Waals surface area (Å²) in [4.78, 5) is 11.7. The summed E-state index contributed by atoms with van der Waals surface area (Å²) in [5.41, 5.74) is 1.29. The molecule has 3 rings (SSSR count). The standard InChI is InChI=1S/C15H20O4/c1-8-4-5-12-15(3,19-12)7-10(16)13-9(2)14(17)18-11(13)6-8/h6,10-13,16H,2,4-5,7H2,1,3H3/b8-6+/t10-,11+,12+,13+,15+/m0/s1. The second-order valence-corrected chi connectivity index (χ2v) is 6.16. The molecule has 0 spiro atoms. The molecule has 0 aromatic carbocycles. The van der Waals surface area contributed by atoms with Crippen LogP contribution in [0.1, 0.15) is 33.1 Å². The number of esters is 1. The van der Waals surface area contributed by atoms with Crippen LogP contribution >= 0.6 is 0 Å². The summed E-state index contributed by atoms with van der Waals surface area (Å²) in [6.07, 6.45) is 3.56. The molecule has 19 heavy (non-hydrogen) atoms. The van der Waals surface area contributed by atoms with Gasteiger partial charge >= 0.3 is 5.97 Å². The third-order valence-corrected chi connectivity index (χ3v) is 4.58. The van der Waals surface area contributed by atoms with Crippen molar-refractivity contribution in [3.05, 3.63) is 23.8 Å². The molecule has 3 aliphatic rings. The Morgan fingerprint density at radius 3 is 3.00 bits per heavy atom. The number of hydrogen-bond acceptors (Lipinski definition) is 4. The monoisotopic (exact) mass is 264 g/mol. The van der Waals surface area contributed by atoms with Gasteiger partial charge in [0.05, 0.1) is 23.7 Å². The van der Waals surface area contributed by atoms with E-state index < -0.39 is 12.1 Å². The Labute approximate surface area is 113 Å². The highest BCUT2D eigenvalue weighted by molar-refractivity contribution is 5.91. The molecule has 104 valence electrons. The van der Waals surface area contributed by atoms with Gasteiger partial charge in [-0.25, -0.2) is 4.79 Å². The number of carbonyl (C=O) groups is 1. The zero-order chi connectivity index (χ0) is 13.8. The van der Waals surface area contributed by atoms with E-state index in [1.165, 1.54) is 5.57 Å². The molecule has 1 aliphatic carbocycles. The number of allylic oxidation sites excluding steroid dienone is 1. The lowest BCUT2D eigenvalue weighted by atomic mass is 9.83. The number of aliphatic hydroxyl groups is 1. The van der Waals surface area contributed by atoms with Gasteiger partial charge in [-0.15, -0.1) is 0 Å². The van der Waals surface area contributed by atoms with E-state index in [-0.39, 0.29) is 23.7 Å². The summed E-state index contributed by atoms with van der Waals surface area (Å²) in [7, 11) is 0. The molecular formula is C15H20O4. The first-order valence-corrected chi connectivity index (χ1v) is 6.84. The molecule has 2 heterocycles. The minimum Gasteiger partial charge on any atom is -0.454 e. The summed E-state index contributed by atoms with van der Waals surface area (Å²) >= 11 is 0. The number of epoxide rings is 1. The molecule has 4 heteroatoms. The molecule has 4 nitrogen and oxygen atoms in total. The summed E-state index contributed by atoms with van der Waals surface area (Å²) in [6, 6.07) is 0. The smallest absolute Gasteiger partial charge is 0.334 e. The Bertz CT molecular complexity index is 467. The van der Waals surface area contributed by atoms with Crippen LogP contribution in [0.5, 0.6) is 0 Å². The van der Waals surface area contributed by atoms with Crippen LogP contribution in [0.2, 0.25) is 0 Å². The first-order chi connectivity index (χ1) is 8.90. The van der Waals surface area contributed by atoms with E-state index in [1.807, 2.05) is 19.9 Å². The molecule has 1 N–H and O–H groups in total. The number of ether oxygens (including phenoxy) is 2. The molecular weight excluding hydrogens is 244 g/mol. The summed E-state index contributed by atoms with van der Waals surface area (Å²) in [5.74, 6) is -0.738. The second-order valence-electron chi connectivity index (χ2n) is 6.16. The van der Waals surface area contributed by atoms with Crippen LogP contribution in [0.25, 0.3) is 0 Å². The van der Waals surface area contributed by atoms with Crippen LogP contribution in [0.15, 0.2) is 23.8 Å². The van der Waals surface area contributed by atoms with Crippen LogP contribution in [0.4, 0.5) is 0 Å². The first-order valence-electron chi connectivity index (χ1n) is 6.84. The maximum absolute atomic E-state index is 11.7. The Morgan fingerprint density at radius 1 is 1.53 bits per heavy atom. The highest BCUT2D eigenvalue weighted by Gasteiger charge is 2.55. The number of aliphatic hydroxyl groups excluding tert-OH is 1. The summed E-state index contributed by atoms with van der Waals surface area (Å²) in [5, 5.41) is 10.4. The van der Waals surface area contributed by atoms with Gasteiger partial charge in [0.25, 0.3) is 0 Å². The van der Waals surface area contributed by atoms with Crippen molar-refractivity contribution in [2.75, 3.05) is 0 Å². The molecule has 0 radical (unpaired) electrons. The fraction of sp³-hybridized carbons (Fsp3) is 0.667. The lowest BCUT2D eigenvalue weighted by Gasteiger charge is -2.24. The Balaban J connectivity index is 1.92. The molecule has 0 saturated carbocycles. The van der Waals surface area contributed by atoms with Crippen molar-refractivity contribution in [2.45, 2.75) is 57.0 Å². The minimum absolute atomic E-state index is 0.216. The van der Waals surface area contributed by atoms with E-state index in [2.05, 4.69) is 6.58 Å². The molecule has 5 atom stereocenters. The molecule has 0 aromatic heterocycles. The number of carbonyl (C=O) groups excluding carboxylic acids is 1. The van der Waals surface area contributed by atoms with Crippen molar-refractivity contribution < 1.29 is 19.4 Å². The van der Waals surface area contributed by atoms with Crippen molar-refractivity contribution >= 4 is 5.97 Å². The van der Waals surface area contributed by atoms with Gasteiger partial charge in [0.1, 0.15) is 6.10 Å². The normalized spacial score (nSPS) is 48.7. The predicted octanol–water partition coefficient (Wildman–Crippen LogP) is 1.73. The number of fused-ring (bicyclic) bond motifs is 2. The van der Waals surface area contributed by atoms with E-state index in [1.54, 1.807) is 0 Å². The third kappa shape index (κ3) is 2.13. The highest BCUT2D eigenvalue weighted by Crippen LogP contribution is 2.46. The van der Waals surface area contributed by atoms with Crippen molar-refractivity contribution in [1.29, 1.82) is 0 Å². The maximum Gasteiger partial charge on any atom is 0.334 e. The van der Waals surface area contributed by atoms with E-state index in [4.69, 9.17) is 9.47 Å². The van der Waals surface area contributed by atoms with Crippen molar-refractivity contribution in [3.8, 4) is 0 Å². The van der Waals surface area contributed by atoms with Crippen LogP contribution in [-0.2, 0) is 14.3 Å². The lowest BCUT2D eigenvalue weighted by molar-refractivity contribution is -0.137. The van der Waals surface area contributed by atoms with Crippen LogP contribution < -0.4 is 0 Å². The van der Waals surface area contributed by atoms with E-state index >= 15 is 0 Å². The number of rotatable bonds is 0. The van der Waals surface area contributed by atoms with Gasteiger partial charge in [-0.3, -0.25) is 0 Å². The fourth-order valence-corrected chi connectivity index (χ4v) is 3.30. The van der Waals surface area contributed by atoms with Gasteiger partial charge < -0.3 is 14.6 Å². The van der Waals surface area contributed by atoms with Gasteiger partial charge in [-0.2, -0.15) is 0 Å². The van der Waals surface area contributed by atoms with E-state index in [9.17, 15) is 9.90 Å². The Hall–Kier alpha value is -1.13. The molecule has 2 saturated heterocycles. The van der Waals surface area contributed by atoms with Crippen LogP contribution in [0, 0.1) is 5.92 Å². The summed E-state index contributed by atoms with van der Waals surface area (Å²) < 4.78 is 11.0. The third-order valence-electron chi connectivity index (χ3n) is 4.58. The van der Waals surface area contributed by atoms with E-state index in [0.717, 1.165) is 12.8 Å². The summed E-state index contributed by atoms with van der Waals surface area (Å²) in [6.45, 7) is 7.83. The predicted molar refractivity (Wildman–Crippen MR) is 69.4 cm³/mol. The average Bonchev–Trinajstić information content (AvgIpc) is 2.86. The first kappa shape index (κ1) is 12.9. The average molecular weight is 264 g/mol. The quantitative estimate of drug-likeness (QED) is 0.313. The Kier molecular flexibility index (Phi) is 2.84. The second kappa shape index (κ2) is 4.18. The molecule has 0 bridgehead atoms. The van der Waals surface area contributed by atoms with Gasteiger partial charge in [0.15, 0.2) is 0 Å². The van der Waals surface area contributed by atoms with Gasteiger partial charge in [0.2, 0.25) is 0 Å². The van der Waals surface area contributed by atoms with Gasteiger partial charge in [0, 0.05) is 12.0 Å². The van der Waals surface area contributed by atoms with Crippen LogP contribution in [-0.4, -0.2) is 35.0 Å². The topological polar surface area (TPSA) is 59.1 Å². The highest BCUT2D eigenvalue weighted by atomic mass is 16.6. The van der Waals surface area contributed by atoms with Crippen molar-refractivity contribution in [3.63, 3.8) is 0 Å². The largest absolute Gasteiger partial charge is 0.454 e. The van der Waals surface area contributed by atoms with Gasteiger partial charge in [-0.05, 0) is 32.8 Å². The maximum atomic E-state index is 11.7. The van der Waals surface area contributed by atoms with Crippen molar-refractivity contribution in [2.24, 2.45) is 5.92 Å². The fourth-order valence-electron chi connectivity index (χ4n) is 3.30. The lowest BCUT2D eigenvalue weighted by Crippen LogP contribution is -2.33. The van der Waals surface area contributed by atoms with E-state index in [0.29, 0.717) is 12.0 Å².